The number of sulfonamides is 2. The third-order valence-corrected chi connectivity index (χ3v) is 8.01. The van der Waals surface area contributed by atoms with E-state index in [4.69, 9.17) is 4.74 Å². The number of hydrogen-bond donors (Lipinski definition) is 1. The molecule has 0 spiro atoms. The second-order valence-corrected chi connectivity index (χ2v) is 10.1. The van der Waals surface area contributed by atoms with E-state index in [1.54, 1.807) is 0 Å². The minimum atomic E-state index is -3.65. The highest BCUT2D eigenvalue weighted by molar-refractivity contribution is 7.89. The van der Waals surface area contributed by atoms with Crippen LogP contribution in [-0.2, 0) is 24.8 Å². The Morgan fingerprint density at radius 1 is 1.00 bits per heavy atom. The zero-order valence-electron chi connectivity index (χ0n) is 14.1. The second kappa shape index (κ2) is 7.71. The van der Waals surface area contributed by atoms with Gasteiger partial charge in [-0.2, -0.15) is 4.31 Å². The Labute approximate surface area is 149 Å². The summed E-state index contributed by atoms with van der Waals surface area (Å²) in [6.07, 6.45) is 4.46. The largest absolute Gasteiger partial charge is 0.378 e. The van der Waals surface area contributed by atoms with Gasteiger partial charge in [-0.25, -0.2) is 21.6 Å². The maximum absolute atomic E-state index is 12.5. The number of benzene rings is 1. The lowest BCUT2D eigenvalue weighted by Crippen LogP contribution is -2.28. The van der Waals surface area contributed by atoms with Crippen molar-refractivity contribution in [2.45, 2.75) is 48.0 Å². The molecule has 9 heteroatoms. The molecule has 2 saturated heterocycles. The van der Waals surface area contributed by atoms with Gasteiger partial charge in [0.1, 0.15) is 0 Å². The molecular weight excluding hydrogens is 364 g/mol. The van der Waals surface area contributed by atoms with Gasteiger partial charge in [-0.15, -0.1) is 0 Å². The molecule has 2 fully saturated rings. The highest BCUT2D eigenvalue weighted by Crippen LogP contribution is 2.22. The Kier molecular flexibility index (Phi) is 5.79. The maximum atomic E-state index is 12.5. The lowest BCUT2D eigenvalue weighted by atomic mass is 10.2. The SMILES string of the molecule is O=S(=O)(NCC[C@H]1CCCO1)c1ccc(S(=O)(=O)N2CCCC2)cc1. The van der Waals surface area contributed by atoms with Crippen LogP contribution in [0.15, 0.2) is 34.1 Å². The fraction of sp³-hybridized carbons (Fsp3) is 0.625. The van der Waals surface area contributed by atoms with Crippen LogP contribution in [0.3, 0.4) is 0 Å². The van der Waals surface area contributed by atoms with E-state index in [0.717, 1.165) is 32.3 Å². The molecule has 1 atom stereocenters. The molecule has 0 bridgehead atoms. The van der Waals surface area contributed by atoms with Crippen LogP contribution < -0.4 is 4.72 Å². The maximum Gasteiger partial charge on any atom is 0.243 e. The van der Waals surface area contributed by atoms with Crippen molar-refractivity contribution in [3.63, 3.8) is 0 Å². The van der Waals surface area contributed by atoms with Crippen LogP contribution in [0.2, 0.25) is 0 Å². The monoisotopic (exact) mass is 388 g/mol. The molecule has 3 rings (SSSR count). The van der Waals surface area contributed by atoms with E-state index < -0.39 is 20.0 Å². The minimum absolute atomic E-state index is 0.0696. The summed E-state index contributed by atoms with van der Waals surface area (Å²) in [5, 5.41) is 0. The summed E-state index contributed by atoms with van der Waals surface area (Å²) < 4.78 is 59.0. The van der Waals surface area contributed by atoms with E-state index in [9.17, 15) is 16.8 Å². The Morgan fingerprint density at radius 3 is 2.24 bits per heavy atom. The van der Waals surface area contributed by atoms with E-state index in [2.05, 4.69) is 4.72 Å². The number of rotatable bonds is 7. The van der Waals surface area contributed by atoms with Crippen molar-refractivity contribution in [1.82, 2.24) is 9.03 Å². The van der Waals surface area contributed by atoms with E-state index in [1.165, 1.54) is 28.6 Å². The first-order chi connectivity index (χ1) is 11.9. The topological polar surface area (TPSA) is 92.8 Å². The van der Waals surface area contributed by atoms with Gasteiger partial charge in [0, 0.05) is 26.2 Å². The summed E-state index contributed by atoms with van der Waals surface area (Å²) in [6.45, 7) is 2.09. The van der Waals surface area contributed by atoms with Gasteiger partial charge in [0.2, 0.25) is 20.0 Å². The normalized spacial score (nSPS) is 22.5. The summed E-state index contributed by atoms with van der Waals surface area (Å²) in [6, 6.07) is 5.42. The standard InChI is InChI=1S/C16H24N2O5S2/c19-24(20,17-10-9-14-4-3-13-23-14)15-5-7-16(8-6-15)25(21,22)18-11-1-2-12-18/h5-8,14,17H,1-4,9-13H2/t14-/m1/s1. The van der Waals surface area contributed by atoms with Crippen molar-refractivity contribution in [3.05, 3.63) is 24.3 Å². The molecule has 0 unspecified atom stereocenters. The Bertz CT molecular complexity index is 778. The van der Waals surface area contributed by atoms with Crippen molar-refractivity contribution >= 4 is 20.0 Å². The summed E-state index contributed by atoms with van der Waals surface area (Å²) in [5.41, 5.74) is 0. The van der Waals surface area contributed by atoms with Crippen molar-refractivity contribution in [2.75, 3.05) is 26.2 Å². The van der Waals surface area contributed by atoms with Crippen LogP contribution in [0.4, 0.5) is 0 Å². The van der Waals surface area contributed by atoms with E-state index in [0.29, 0.717) is 26.1 Å². The van der Waals surface area contributed by atoms with Crippen LogP contribution in [0.5, 0.6) is 0 Å². The number of nitrogens with zero attached hydrogens (tertiary/aromatic N) is 1. The van der Waals surface area contributed by atoms with Crippen LogP contribution in [0.25, 0.3) is 0 Å². The summed E-state index contributed by atoms with van der Waals surface area (Å²) in [5.74, 6) is 0. The summed E-state index contributed by atoms with van der Waals surface area (Å²) in [7, 11) is -7.17. The van der Waals surface area contributed by atoms with Gasteiger partial charge in [-0.3, -0.25) is 0 Å². The van der Waals surface area contributed by atoms with Gasteiger partial charge in [0.05, 0.1) is 15.9 Å². The van der Waals surface area contributed by atoms with Gasteiger partial charge >= 0.3 is 0 Å². The van der Waals surface area contributed by atoms with E-state index >= 15 is 0 Å². The molecule has 25 heavy (non-hydrogen) atoms. The fourth-order valence-electron chi connectivity index (χ4n) is 3.18. The molecule has 140 valence electrons. The summed E-state index contributed by atoms with van der Waals surface area (Å²) in [4.78, 5) is 0.202. The molecule has 7 nitrogen and oxygen atoms in total. The fourth-order valence-corrected chi connectivity index (χ4v) is 5.74. The van der Waals surface area contributed by atoms with Gasteiger partial charge in [0.15, 0.2) is 0 Å². The zero-order valence-corrected chi connectivity index (χ0v) is 15.7. The molecule has 0 saturated carbocycles. The molecule has 0 radical (unpaired) electrons. The quantitative estimate of drug-likeness (QED) is 0.760. The molecule has 2 heterocycles. The van der Waals surface area contributed by atoms with Crippen LogP contribution in [-0.4, -0.2) is 53.5 Å². The van der Waals surface area contributed by atoms with E-state index in [-0.39, 0.29) is 15.9 Å². The molecule has 1 N–H and O–H groups in total. The first-order valence-corrected chi connectivity index (χ1v) is 11.5. The van der Waals surface area contributed by atoms with Gasteiger partial charge < -0.3 is 4.74 Å². The third kappa shape index (κ3) is 4.40. The molecule has 0 aliphatic carbocycles. The van der Waals surface area contributed by atoms with Gasteiger partial charge in [0.25, 0.3) is 0 Å². The van der Waals surface area contributed by atoms with Crippen molar-refractivity contribution in [1.29, 1.82) is 0 Å². The predicted molar refractivity (Wildman–Crippen MR) is 93.2 cm³/mol. The van der Waals surface area contributed by atoms with E-state index in [1.807, 2.05) is 0 Å². The predicted octanol–water partition coefficient (Wildman–Crippen LogP) is 1.32. The molecule has 1 aromatic rings. The second-order valence-electron chi connectivity index (χ2n) is 6.40. The van der Waals surface area contributed by atoms with Crippen molar-refractivity contribution in [3.8, 4) is 0 Å². The average molecular weight is 389 g/mol. The highest BCUT2D eigenvalue weighted by Gasteiger charge is 2.27. The third-order valence-electron chi connectivity index (χ3n) is 4.62. The molecule has 2 aliphatic heterocycles. The molecular formula is C16H24N2O5S2. The first-order valence-electron chi connectivity index (χ1n) is 8.61. The lowest BCUT2D eigenvalue weighted by molar-refractivity contribution is 0.105. The summed E-state index contributed by atoms with van der Waals surface area (Å²) >= 11 is 0. The molecule has 1 aromatic carbocycles. The van der Waals surface area contributed by atoms with Gasteiger partial charge in [-0.05, 0) is 56.4 Å². The zero-order chi connectivity index (χ0) is 17.9. The van der Waals surface area contributed by atoms with Crippen LogP contribution in [0.1, 0.15) is 32.1 Å². The molecule has 2 aliphatic rings. The van der Waals surface area contributed by atoms with Crippen molar-refractivity contribution in [2.24, 2.45) is 0 Å². The van der Waals surface area contributed by atoms with Crippen molar-refractivity contribution < 1.29 is 21.6 Å². The minimum Gasteiger partial charge on any atom is -0.378 e. The number of hydrogen-bond acceptors (Lipinski definition) is 5. The lowest BCUT2D eigenvalue weighted by Gasteiger charge is -2.16. The van der Waals surface area contributed by atoms with Crippen LogP contribution >= 0.6 is 0 Å². The first kappa shape index (κ1) is 18.8. The van der Waals surface area contributed by atoms with Crippen LogP contribution in [0, 0.1) is 0 Å². The Morgan fingerprint density at radius 2 is 1.64 bits per heavy atom. The number of nitrogens with one attached hydrogen (secondary N) is 1. The smallest absolute Gasteiger partial charge is 0.243 e. The average Bonchev–Trinajstić information content (AvgIpc) is 3.29. The Balaban J connectivity index is 1.64. The molecule has 0 amide bonds. The Hall–Kier alpha value is -1.00. The highest BCUT2D eigenvalue weighted by atomic mass is 32.2. The molecule has 0 aromatic heterocycles. The van der Waals surface area contributed by atoms with Gasteiger partial charge in [-0.1, -0.05) is 0 Å². The number of ether oxygens (including phenoxy) is 1.